The first-order chi connectivity index (χ1) is 13.2. The predicted octanol–water partition coefficient (Wildman–Crippen LogP) is 2.84. The first-order valence-corrected chi connectivity index (χ1v) is 9.66. The third kappa shape index (κ3) is 2.53. The van der Waals surface area contributed by atoms with Gasteiger partial charge in [0.05, 0.1) is 12.3 Å². The summed E-state index contributed by atoms with van der Waals surface area (Å²) in [4.78, 5) is 0. The summed E-state index contributed by atoms with van der Waals surface area (Å²) in [5, 5.41) is 23.7. The zero-order valence-corrected chi connectivity index (χ0v) is 15.5. The predicted molar refractivity (Wildman–Crippen MR) is 105 cm³/mol. The summed E-state index contributed by atoms with van der Waals surface area (Å²) in [5.74, 6) is 0. The minimum atomic E-state index is -0.496. The molecule has 0 amide bonds. The largest absolute Gasteiger partial charge is 0.390 e. The van der Waals surface area contributed by atoms with Gasteiger partial charge in [0.2, 0.25) is 0 Å². The summed E-state index contributed by atoms with van der Waals surface area (Å²) < 4.78 is 1.86. The monoisotopic (exact) mass is 360 g/mol. The van der Waals surface area contributed by atoms with E-state index in [2.05, 4.69) is 71.1 Å². The Hall–Kier alpha value is -2.50. The van der Waals surface area contributed by atoms with Gasteiger partial charge < -0.3 is 10.4 Å². The SMILES string of the molecule is Cc1ccc(-c2cn([C@@H]3c4ccccc4C4(CCNCC4)[C@H]3O)nn2)cc1. The molecule has 2 heterocycles. The van der Waals surface area contributed by atoms with E-state index < -0.39 is 6.10 Å². The van der Waals surface area contributed by atoms with Crippen LogP contribution in [0.1, 0.15) is 35.6 Å². The van der Waals surface area contributed by atoms with Crippen molar-refractivity contribution < 1.29 is 5.11 Å². The summed E-state index contributed by atoms with van der Waals surface area (Å²) in [5.41, 5.74) is 5.36. The lowest BCUT2D eigenvalue weighted by atomic mass is 9.72. The van der Waals surface area contributed by atoms with E-state index in [0.29, 0.717) is 0 Å². The molecule has 0 bridgehead atoms. The first kappa shape index (κ1) is 16.7. The van der Waals surface area contributed by atoms with E-state index in [9.17, 15) is 5.11 Å². The lowest BCUT2D eigenvalue weighted by molar-refractivity contribution is 0.0421. The number of hydrogen-bond acceptors (Lipinski definition) is 4. The Morgan fingerprint density at radius 3 is 2.59 bits per heavy atom. The Balaban J connectivity index is 1.56. The quantitative estimate of drug-likeness (QED) is 0.738. The van der Waals surface area contributed by atoms with Gasteiger partial charge in [-0.25, -0.2) is 4.68 Å². The number of aliphatic hydroxyl groups is 1. The highest BCUT2D eigenvalue weighted by Gasteiger charge is 2.52. The molecule has 27 heavy (non-hydrogen) atoms. The number of rotatable bonds is 2. The van der Waals surface area contributed by atoms with Gasteiger partial charge in [0, 0.05) is 11.0 Å². The van der Waals surface area contributed by atoms with Crippen LogP contribution in [0.3, 0.4) is 0 Å². The molecule has 1 aliphatic carbocycles. The van der Waals surface area contributed by atoms with Gasteiger partial charge >= 0.3 is 0 Å². The smallest absolute Gasteiger partial charge is 0.113 e. The van der Waals surface area contributed by atoms with Gasteiger partial charge in [-0.3, -0.25) is 0 Å². The average molecular weight is 360 g/mol. The second kappa shape index (κ2) is 6.29. The number of piperidine rings is 1. The molecular weight excluding hydrogens is 336 g/mol. The van der Waals surface area contributed by atoms with Crippen LogP contribution in [0.2, 0.25) is 0 Å². The van der Waals surface area contributed by atoms with Crippen LogP contribution >= 0.6 is 0 Å². The molecule has 0 saturated carbocycles. The molecule has 0 radical (unpaired) electrons. The number of nitrogens with one attached hydrogen (secondary N) is 1. The van der Waals surface area contributed by atoms with E-state index in [4.69, 9.17) is 0 Å². The van der Waals surface area contributed by atoms with Crippen molar-refractivity contribution in [2.75, 3.05) is 13.1 Å². The molecule has 2 aromatic carbocycles. The maximum Gasteiger partial charge on any atom is 0.113 e. The van der Waals surface area contributed by atoms with Gasteiger partial charge in [-0.2, -0.15) is 0 Å². The number of aromatic nitrogens is 3. The molecule has 5 rings (SSSR count). The number of nitrogens with zero attached hydrogens (tertiary/aromatic N) is 3. The standard InChI is InChI=1S/C22H24N4O/c1-15-6-8-16(9-7-15)19-14-26(25-24-19)20-17-4-2-3-5-18(17)22(21(20)27)10-12-23-13-11-22/h2-9,14,20-21,23,27H,10-13H2,1H3/t20-,21+/m1/s1. The summed E-state index contributed by atoms with van der Waals surface area (Å²) in [6, 6.07) is 16.6. The molecule has 2 N–H and O–H groups in total. The van der Waals surface area contributed by atoms with Crippen molar-refractivity contribution in [2.24, 2.45) is 0 Å². The molecule has 1 fully saturated rings. The zero-order chi connectivity index (χ0) is 18.4. The fourth-order valence-electron chi connectivity index (χ4n) is 4.83. The molecular formula is C22H24N4O. The minimum Gasteiger partial charge on any atom is -0.390 e. The zero-order valence-electron chi connectivity index (χ0n) is 15.5. The van der Waals surface area contributed by atoms with Gasteiger partial charge in [-0.05, 0) is 44.0 Å². The van der Waals surface area contributed by atoms with Crippen LogP contribution in [0, 0.1) is 6.92 Å². The Labute approximate surface area is 159 Å². The fourth-order valence-corrected chi connectivity index (χ4v) is 4.83. The average Bonchev–Trinajstić information content (AvgIpc) is 3.26. The molecule has 1 aliphatic heterocycles. The minimum absolute atomic E-state index is 0.189. The molecule has 0 unspecified atom stereocenters. The van der Waals surface area contributed by atoms with Crippen molar-refractivity contribution >= 4 is 0 Å². The van der Waals surface area contributed by atoms with Crippen LogP contribution in [-0.2, 0) is 5.41 Å². The second-order valence-electron chi connectivity index (χ2n) is 7.83. The van der Waals surface area contributed by atoms with Crippen molar-refractivity contribution in [1.29, 1.82) is 0 Å². The van der Waals surface area contributed by atoms with Crippen LogP contribution in [0.4, 0.5) is 0 Å². The third-order valence-electron chi connectivity index (χ3n) is 6.32. The van der Waals surface area contributed by atoms with Gasteiger partial charge in [0.15, 0.2) is 0 Å². The van der Waals surface area contributed by atoms with E-state index in [-0.39, 0.29) is 11.5 Å². The van der Waals surface area contributed by atoms with Gasteiger partial charge in [-0.15, -0.1) is 5.10 Å². The molecule has 5 heteroatoms. The Morgan fingerprint density at radius 1 is 1.07 bits per heavy atom. The number of benzene rings is 2. The number of hydrogen-bond donors (Lipinski definition) is 2. The number of fused-ring (bicyclic) bond motifs is 2. The van der Waals surface area contributed by atoms with Crippen LogP contribution in [0.25, 0.3) is 11.3 Å². The molecule has 2 atom stereocenters. The fraction of sp³-hybridized carbons (Fsp3) is 0.364. The summed E-state index contributed by atoms with van der Waals surface area (Å²) in [7, 11) is 0. The van der Waals surface area contributed by atoms with Gasteiger partial charge in [0.1, 0.15) is 11.7 Å². The van der Waals surface area contributed by atoms with E-state index >= 15 is 0 Å². The Kier molecular flexibility index (Phi) is 3.88. The molecule has 3 aromatic rings. The topological polar surface area (TPSA) is 63.0 Å². The molecule has 5 nitrogen and oxygen atoms in total. The highest BCUT2D eigenvalue weighted by molar-refractivity contribution is 5.58. The second-order valence-corrected chi connectivity index (χ2v) is 7.83. The van der Waals surface area contributed by atoms with Crippen molar-refractivity contribution in [1.82, 2.24) is 20.3 Å². The highest BCUT2D eigenvalue weighted by Crippen LogP contribution is 2.51. The van der Waals surface area contributed by atoms with E-state index in [0.717, 1.165) is 37.2 Å². The van der Waals surface area contributed by atoms with Crippen molar-refractivity contribution in [3.8, 4) is 11.3 Å². The molecule has 1 spiro atoms. The lowest BCUT2D eigenvalue weighted by Crippen LogP contribution is -2.47. The third-order valence-corrected chi connectivity index (χ3v) is 6.32. The Morgan fingerprint density at radius 2 is 1.81 bits per heavy atom. The van der Waals surface area contributed by atoms with Crippen LogP contribution in [0.15, 0.2) is 54.7 Å². The van der Waals surface area contributed by atoms with Crippen LogP contribution in [0.5, 0.6) is 0 Å². The molecule has 1 aromatic heterocycles. The molecule has 138 valence electrons. The van der Waals surface area contributed by atoms with E-state index in [1.807, 2.05) is 10.9 Å². The lowest BCUT2D eigenvalue weighted by Gasteiger charge is -2.38. The first-order valence-electron chi connectivity index (χ1n) is 9.66. The van der Waals surface area contributed by atoms with Crippen molar-refractivity contribution in [2.45, 2.75) is 37.3 Å². The summed E-state index contributed by atoms with van der Waals surface area (Å²) in [6.07, 6.45) is 3.36. The summed E-state index contributed by atoms with van der Waals surface area (Å²) in [6.45, 7) is 3.94. The van der Waals surface area contributed by atoms with Gasteiger partial charge in [-0.1, -0.05) is 59.3 Å². The van der Waals surface area contributed by atoms with E-state index in [1.54, 1.807) is 0 Å². The Bertz CT molecular complexity index is 956. The number of aliphatic hydroxyl groups excluding tert-OH is 1. The molecule has 2 aliphatic rings. The maximum absolute atomic E-state index is 11.4. The van der Waals surface area contributed by atoms with E-state index in [1.165, 1.54) is 16.7 Å². The maximum atomic E-state index is 11.4. The number of aryl methyl sites for hydroxylation is 1. The van der Waals surface area contributed by atoms with Crippen molar-refractivity contribution in [3.05, 3.63) is 71.4 Å². The molecule has 1 saturated heterocycles. The van der Waals surface area contributed by atoms with Crippen molar-refractivity contribution in [3.63, 3.8) is 0 Å². The van der Waals surface area contributed by atoms with Crippen LogP contribution < -0.4 is 5.32 Å². The normalized spacial score (nSPS) is 23.5. The van der Waals surface area contributed by atoms with Gasteiger partial charge in [0.25, 0.3) is 0 Å². The highest BCUT2D eigenvalue weighted by atomic mass is 16.3. The summed E-state index contributed by atoms with van der Waals surface area (Å²) >= 11 is 0. The van der Waals surface area contributed by atoms with Crippen LogP contribution in [-0.4, -0.2) is 39.3 Å².